The van der Waals surface area contributed by atoms with Crippen molar-refractivity contribution in [3.8, 4) is 0 Å². The summed E-state index contributed by atoms with van der Waals surface area (Å²) in [5.41, 5.74) is 0.793. The highest BCUT2D eigenvalue weighted by molar-refractivity contribution is 7.89. The van der Waals surface area contributed by atoms with Crippen LogP contribution in [0, 0.1) is 5.82 Å². The van der Waals surface area contributed by atoms with Crippen LogP contribution in [0.4, 0.5) is 4.39 Å². The number of aryl methyl sites for hydroxylation is 1. The molecule has 2 aromatic rings. The minimum absolute atomic E-state index is 0.0233. The summed E-state index contributed by atoms with van der Waals surface area (Å²) in [4.78, 5) is 15.1. The first-order valence-electron chi connectivity index (χ1n) is 9.30. The molecule has 1 aromatic heterocycles. The molecule has 8 nitrogen and oxygen atoms in total. The zero-order valence-electron chi connectivity index (χ0n) is 16.6. The van der Waals surface area contributed by atoms with Crippen LogP contribution in [-0.4, -0.2) is 60.0 Å². The molecular weight excluding hydrogens is 399 g/mol. The maximum absolute atomic E-state index is 13.4. The van der Waals surface area contributed by atoms with Crippen molar-refractivity contribution in [1.82, 2.24) is 19.2 Å². The third kappa shape index (κ3) is 5.01. The number of rotatable bonds is 7. The second-order valence-electron chi connectivity index (χ2n) is 7.28. The molecule has 0 bridgehead atoms. The molecule has 1 N–H and O–H groups in total. The Morgan fingerprint density at radius 3 is 2.62 bits per heavy atom. The zero-order valence-corrected chi connectivity index (χ0v) is 17.4. The number of hydrogen-bond donors (Lipinski definition) is 1. The fourth-order valence-electron chi connectivity index (χ4n) is 3.39. The van der Waals surface area contributed by atoms with Gasteiger partial charge in [-0.25, -0.2) is 17.8 Å². The molecule has 1 amide bonds. The molecule has 1 saturated heterocycles. The van der Waals surface area contributed by atoms with Crippen molar-refractivity contribution in [3.05, 3.63) is 48.2 Å². The summed E-state index contributed by atoms with van der Waals surface area (Å²) >= 11 is 0. The van der Waals surface area contributed by atoms with Crippen LogP contribution in [-0.2, 0) is 26.6 Å². The summed E-state index contributed by atoms with van der Waals surface area (Å²) in [6, 6.07) is 5.99. The molecule has 1 aromatic carbocycles. The molecule has 0 spiro atoms. The molecule has 0 radical (unpaired) electrons. The molecule has 29 heavy (non-hydrogen) atoms. The Kier molecular flexibility index (Phi) is 6.35. The van der Waals surface area contributed by atoms with E-state index in [2.05, 4.69) is 10.3 Å². The van der Waals surface area contributed by atoms with E-state index in [1.54, 1.807) is 23.7 Å². The lowest BCUT2D eigenvalue weighted by atomic mass is 9.96. The van der Waals surface area contributed by atoms with Gasteiger partial charge in [0.2, 0.25) is 5.91 Å². The van der Waals surface area contributed by atoms with Gasteiger partial charge in [0, 0.05) is 45.7 Å². The maximum atomic E-state index is 13.4. The van der Waals surface area contributed by atoms with E-state index in [-0.39, 0.29) is 41.9 Å². The molecule has 1 aliphatic heterocycles. The summed E-state index contributed by atoms with van der Waals surface area (Å²) in [7, 11) is -2.08. The Balaban J connectivity index is 1.83. The number of aromatic nitrogens is 2. The summed E-state index contributed by atoms with van der Waals surface area (Å²) in [5.74, 6) is -0.795. The van der Waals surface area contributed by atoms with Gasteiger partial charge in [0.1, 0.15) is 5.82 Å². The smallest absolute Gasteiger partial charge is 0.262 e. The van der Waals surface area contributed by atoms with Crippen LogP contribution in [0.25, 0.3) is 0 Å². The zero-order chi connectivity index (χ0) is 21.2. The van der Waals surface area contributed by atoms with Gasteiger partial charge in [-0.05, 0) is 24.6 Å². The molecule has 158 valence electrons. The molecule has 10 heteroatoms. The SMILES string of the molecule is CC(=O)NCC(C)OC1CN(S(=O)(=O)c2cn(C)cn2)CC1c1ccc(F)cc1. The van der Waals surface area contributed by atoms with Crippen LogP contribution in [0.2, 0.25) is 0 Å². The van der Waals surface area contributed by atoms with Crippen molar-refractivity contribution in [2.45, 2.75) is 37.0 Å². The fourth-order valence-corrected chi connectivity index (χ4v) is 4.84. The van der Waals surface area contributed by atoms with E-state index in [9.17, 15) is 17.6 Å². The van der Waals surface area contributed by atoms with Crippen molar-refractivity contribution >= 4 is 15.9 Å². The minimum Gasteiger partial charge on any atom is -0.371 e. The third-order valence-electron chi connectivity index (χ3n) is 4.86. The van der Waals surface area contributed by atoms with Crippen LogP contribution in [0.3, 0.4) is 0 Å². The van der Waals surface area contributed by atoms with Crippen molar-refractivity contribution in [3.63, 3.8) is 0 Å². The lowest BCUT2D eigenvalue weighted by Crippen LogP contribution is -2.35. The summed E-state index contributed by atoms with van der Waals surface area (Å²) in [5, 5.41) is 2.67. The number of nitrogens with zero attached hydrogens (tertiary/aromatic N) is 3. The first-order valence-corrected chi connectivity index (χ1v) is 10.7. The molecule has 3 rings (SSSR count). The van der Waals surface area contributed by atoms with Gasteiger partial charge in [-0.2, -0.15) is 4.31 Å². The minimum atomic E-state index is -3.78. The van der Waals surface area contributed by atoms with Crippen LogP contribution >= 0.6 is 0 Å². The number of amides is 1. The highest BCUT2D eigenvalue weighted by atomic mass is 32.2. The number of carbonyl (C=O) groups excluding carboxylic acids is 1. The van der Waals surface area contributed by atoms with E-state index in [0.29, 0.717) is 6.54 Å². The topological polar surface area (TPSA) is 93.5 Å². The van der Waals surface area contributed by atoms with Gasteiger partial charge >= 0.3 is 0 Å². The molecule has 1 fully saturated rings. The van der Waals surface area contributed by atoms with Crippen molar-refractivity contribution < 1.29 is 22.3 Å². The summed E-state index contributed by atoms with van der Waals surface area (Å²) in [6.45, 7) is 3.89. The predicted molar refractivity (Wildman–Crippen MR) is 104 cm³/mol. The van der Waals surface area contributed by atoms with Crippen LogP contribution in [0.1, 0.15) is 25.3 Å². The first-order chi connectivity index (χ1) is 13.7. The maximum Gasteiger partial charge on any atom is 0.262 e. The Morgan fingerprint density at radius 1 is 1.34 bits per heavy atom. The van der Waals surface area contributed by atoms with Gasteiger partial charge in [-0.1, -0.05) is 12.1 Å². The molecular formula is C19H25FN4O4S. The summed E-state index contributed by atoms with van der Waals surface area (Å²) < 4.78 is 48.4. The average molecular weight is 424 g/mol. The molecule has 2 heterocycles. The van der Waals surface area contributed by atoms with Gasteiger partial charge in [-0.3, -0.25) is 4.79 Å². The number of ether oxygens (including phenoxy) is 1. The number of hydrogen-bond acceptors (Lipinski definition) is 5. The number of imidazole rings is 1. The largest absolute Gasteiger partial charge is 0.371 e. The van der Waals surface area contributed by atoms with Crippen LogP contribution < -0.4 is 5.32 Å². The van der Waals surface area contributed by atoms with E-state index in [0.717, 1.165) is 5.56 Å². The van der Waals surface area contributed by atoms with Crippen molar-refractivity contribution in [2.24, 2.45) is 7.05 Å². The first kappa shape index (κ1) is 21.4. The third-order valence-corrected chi connectivity index (χ3v) is 6.58. The highest BCUT2D eigenvalue weighted by Crippen LogP contribution is 2.33. The molecule has 3 unspecified atom stereocenters. The molecule has 0 aliphatic carbocycles. The summed E-state index contributed by atoms with van der Waals surface area (Å²) in [6.07, 6.45) is 2.13. The lowest BCUT2D eigenvalue weighted by molar-refractivity contribution is -0.119. The normalized spacial score (nSPS) is 21.2. The monoisotopic (exact) mass is 424 g/mol. The molecule has 0 saturated carbocycles. The van der Waals surface area contributed by atoms with E-state index >= 15 is 0 Å². The van der Waals surface area contributed by atoms with Gasteiger partial charge in [0.25, 0.3) is 10.0 Å². The number of benzene rings is 1. The Hall–Kier alpha value is -2.30. The number of sulfonamides is 1. The molecule has 3 atom stereocenters. The second kappa shape index (κ2) is 8.60. The Bertz CT molecular complexity index is 961. The van der Waals surface area contributed by atoms with Gasteiger partial charge in [-0.15, -0.1) is 0 Å². The van der Waals surface area contributed by atoms with Gasteiger partial charge < -0.3 is 14.6 Å². The number of halogens is 1. The highest BCUT2D eigenvalue weighted by Gasteiger charge is 2.42. The van der Waals surface area contributed by atoms with E-state index in [1.165, 1.54) is 35.9 Å². The van der Waals surface area contributed by atoms with E-state index in [4.69, 9.17) is 4.74 Å². The van der Waals surface area contributed by atoms with Crippen LogP contribution in [0.5, 0.6) is 0 Å². The van der Waals surface area contributed by atoms with Crippen molar-refractivity contribution in [1.29, 1.82) is 0 Å². The quantitative estimate of drug-likeness (QED) is 0.722. The Morgan fingerprint density at radius 2 is 2.03 bits per heavy atom. The second-order valence-corrected chi connectivity index (χ2v) is 9.16. The average Bonchev–Trinajstić information content (AvgIpc) is 3.28. The molecule has 1 aliphatic rings. The lowest BCUT2D eigenvalue weighted by Gasteiger charge is -2.23. The van der Waals surface area contributed by atoms with E-state index < -0.39 is 16.1 Å². The van der Waals surface area contributed by atoms with Crippen molar-refractivity contribution in [2.75, 3.05) is 19.6 Å². The van der Waals surface area contributed by atoms with Gasteiger partial charge in [0.05, 0.1) is 18.5 Å². The fraction of sp³-hybridized carbons (Fsp3) is 0.474. The standard InChI is InChI=1S/C19H25FN4O4S/c1-13(8-21-14(2)25)28-18-10-24(29(26,27)19-11-23(3)12-22-19)9-17(18)15-4-6-16(20)7-5-15/h4-7,11-13,17-18H,8-10H2,1-3H3,(H,21,25). The van der Waals surface area contributed by atoms with Gasteiger partial charge in [0.15, 0.2) is 5.03 Å². The van der Waals surface area contributed by atoms with E-state index in [1.807, 2.05) is 6.92 Å². The predicted octanol–water partition coefficient (Wildman–Crippen LogP) is 1.26. The number of nitrogens with one attached hydrogen (secondary N) is 1. The van der Waals surface area contributed by atoms with Crippen LogP contribution in [0.15, 0.2) is 41.8 Å². The number of carbonyl (C=O) groups is 1. The Labute approximate surface area is 169 Å².